The molecule has 0 saturated heterocycles. The Morgan fingerprint density at radius 2 is 2.32 bits per heavy atom. The maximum atomic E-state index is 13.8. The molecular formula is C12H12FNO4S. The SMILES string of the molecule is COC(=O)CCSc1cc2c(cc1F)C(O)C(=O)N2. The summed E-state index contributed by atoms with van der Waals surface area (Å²) < 4.78 is 18.2. The fourth-order valence-corrected chi connectivity index (χ4v) is 2.59. The summed E-state index contributed by atoms with van der Waals surface area (Å²) in [6.45, 7) is 0. The number of rotatable bonds is 4. The van der Waals surface area contributed by atoms with Crippen LogP contribution in [0.15, 0.2) is 17.0 Å². The standard InChI is InChI=1S/C12H12FNO4S/c1-18-10(15)2-3-19-9-5-8-6(4-7(9)13)11(16)12(17)14-8/h4-5,11,16H,2-3H2,1H3,(H,14,17). The molecule has 1 amide bonds. The van der Waals surface area contributed by atoms with Gasteiger partial charge < -0.3 is 15.2 Å². The third-order valence-corrected chi connectivity index (χ3v) is 3.73. The van der Waals surface area contributed by atoms with Crippen LogP contribution < -0.4 is 5.32 Å². The first-order valence-electron chi connectivity index (χ1n) is 5.55. The van der Waals surface area contributed by atoms with E-state index in [2.05, 4.69) is 10.1 Å². The van der Waals surface area contributed by atoms with Crippen LogP contribution in [0.1, 0.15) is 18.1 Å². The molecule has 19 heavy (non-hydrogen) atoms. The largest absolute Gasteiger partial charge is 0.469 e. The fourth-order valence-electron chi connectivity index (χ4n) is 1.70. The molecule has 2 N–H and O–H groups in total. The van der Waals surface area contributed by atoms with Gasteiger partial charge in [-0.05, 0) is 12.1 Å². The second-order valence-electron chi connectivity index (χ2n) is 3.94. The number of amides is 1. The number of esters is 1. The zero-order chi connectivity index (χ0) is 14.0. The highest BCUT2D eigenvalue weighted by Gasteiger charge is 2.29. The predicted octanol–water partition coefficient (Wildman–Crippen LogP) is 1.47. The lowest BCUT2D eigenvalue weighted by Crippen LogP contribution is -2.10. The minimum atomic E-state index is -1.32. The number of carbonyl (C=O) groups is 2. The topological polar surface area (TPSA) is 75.6 Å². The van der Waals surface area contributed by atoms with Crippen LogP contribution in [0.4, 0.5) is 10.1 Å². The van der Waals surface area contributed by atoms with Crippen molar-refractivity contribution in [2.75, 3.05) is 18.2 Å². The molecule has 5 nitrogen and oxygen atoms in total. The molecule has 1 aliphatic rings. The number of thioether (sulfide) groups is 1. The summed E-state index contributed by atoms with van der Waals surface area (Å²) in [4.78, 5) is 22.5. The Morgan fingerprint density at radius 1 is 1.58 bits per heavy atom. The summed E-state index contributed by atoms with van der Waals surface area (Å²) >= 11 is 1.15. The first kappa shape index (κ1) is 13.8. The molecule has 0 fully saturated rings. The van der Waals surface area contributed by atoms with E-state index in [0.717, 1.165) is 17.8 Å². The van der Waals surface area contributed by atoms with Gasteiger partial charge in [0.05, 0.1) is 13.5 Å². The molecule has 1 aromatic rings. The van der Waals surface area contributed by atoms with Crippen LogP contribution in [-0.4, -0.2) is 29.8 Å². The maximum absolute atomic E-state index is 13.8. The van der Waals surface area contributed by atoms with Crippen molar-refractivity contribution in [1.29, 1.82) is 0 Å². The molecule has 0 bridgehead atoms. The van der Waals surface area contributed by atoms with Crippen molar-refractivity contribution in [3.05, 3.63) is 23.5 Å². The summed E-state index contributed by atoms with van der Waals surface area (Å²) in [5.74, 6) is -1.08. The number of methoxy groups -OCH3 is 1. The van der Waals surface area contributed by atoms with Crippen molar-refractivity contribution in [1.82, 2.24) is 0 Å². The second kappa shape index (κ2) is 5.58. The molecule has 0 spiro atoms. The van der Waals surface area contributed by atoms with Gasteiger partial charge in [0.25, 0.3) is 5.91 Å². The molecule has 2 rings (SSSR count). The van der Waals surface area contributed by atoms with E-state index in [1.807, 2.05) is 0 Å². The number of aliphatic hydroxyl groups is 1. The number of fused-ring (bicyclic) bond motifs is 1. The lowest BCUT2D eigenvalue weighted by atomic mass is 10.1. The predicted molar refractivity (Wildman–Crippen MR) is 67.3 cm³/mol. The average molecular weight is 285 g/mol. The quantitative estimate of drug-likeness (QED) is 0.647. The molecule has 0 aromatic heterocycles. The molecule has 0 aliphatic carbocycles. The molecular weight excluding hydrogens is 273 g/mol. The third kappa shape index (κ3) is 2.87. The number of halogens is 1. The summed E-state index contributed by atoms with van der Waals surface area (Å²) in [7, 11) is 1.29. The number of aliphatic hydroxyl groups excluding tert-OH is 1. The number of benzene rings is 1. The highest BCUT2D eigenvalue weighted by molar-refractivity contribution is 7.99. The van der Waals surface area contributed by atoms with Crippen LogP contribution in [0, 0.1) is 5.82 Å². The Kier molecular flexibility index (Phi) is 4.06. The minimum absolute atomic E-state index is 0.173. The number of anilines is 1. The Morgan fingerprint density at radius 3 is 3.00 bits per heavy atom. The maximum Gasteiger partial charge on any atom is 0.306 e. The molecule has 0 radical (unpaired) electrons. The first-order valence-corrected chi connectivity index (χ1v) is 6.53. The van der Waals surface area contributed by atoms with E-state index in [0.29, 0.717) is 16.3 Å². The van der Waals surface area contributed by atoms with Gasteiger partial charge in [0.2, 0.25) is 0 Å². The third-order valence-electron chi connectivity index (χ3n) is 2.70. The van der Waals surface area contributed by atoms with E-state index < -0.39 is 17.8 Å². The summed E-state index contributed by atoms with van der Waals surface area (Å²) in [6, 6.07) is 2.60. The van der Waals surface area contributed by atoms with Crippen LogP contribution in [-0.2, 0) is 14.3 Å². The minimum Gasteiger partial charge on any atom is -0.469 e. The van der Waals surface area contributed by atoms with Crippen molar-refractivity contribution in [3.63, 3.8) is 0 Å². The van der Waals surface area contributed by atoms with E-state index in [-0.39, 0.29) is 18.0 Å². The summed E-state index contributed by atoms with van der Waals surface area (Å²) in [5.41, 5.74) is 0.638. The second-order valence-corrected chi connectivity index (χ2v) is 5.07. The first-order chi connectivity index (χ1) is 9.02. The van der Waals surface area contributed by atoms with Gasteiger partial charge in [0.15, 0.2) is 6.10 Å². The lowest BCUT2D eigenvalue weighted by Gasteiger charge is -2.06. The van der Waals surface area contributed by atoms with E-state index in [9.17, 15) is 19.1 Å². The monoisotopic (exact) mass is 285 g/mol. The zero-order valence-corrected chi connectivity index (χ0v) is 10.9. The van der Waals surface area contributed by atoms with Gasteiger partial charge in [0.1, 0.15) is 5.82 Å². The number of hydrogen-bond acceptors (Lipinski definition) is 5. The highest BCUT2D eigenvalue weighted by atomic mass is 32.2. The average Bonchev–Trinajstić information content (AvgIpc) is 2.65. The number of ether oxygens (including phenoxy) is 1. The van der Waals surface area contributed by atoms with Gasteiger partial charge in [0, 0.05) is 21.9 Å². The molecule has 102 valence electrons. The fraction of sp³-hybridized carbons (Fsp3) is 0.333. The molecule has 1 unspecified atom stereocenters. The van der Waals surface area contributed by atoms with Gasteiger partial charge in [-0.2, -0.15) is 0 Å². The van der Waals surface area contributed by atoms with E-state index in [4.69, 9.17) is 0 Å². The normalized spacial score (nSPS) is 17.0. The molecule has 1 heterocycles. The smallest absolute Gasteiger partial charge is 0.306 e. The molecule has 1 aromatic carbocycles. The van der Waals surface area contributed by atoms with E-state index >= 15 is 0 Å². The van der Waals surface area contributed by atoms with Crippen molar-refractivity contribution in [2.45, 2.75) is 17.4 Å². The van der Waals surface area contributed by atoms with Gasteiger partial charge in [-0.25, -0.2) is 4.39 Å². The van der Waals surface area contributed by atoms with Gasteiger partial charge in [-0.15, -0.1) is 11.8 Å². The Bertz CT molecular complexity index is 535. The number of carbonyl (C=O) groups excluding carboxylic acids is 2. The summed E-state index contributed by atoms with van der Waals surface area (Å²) in [6.07, 6.45) is -1.15. The number of nitrogens with one attached hydrogen (secondary N) is 1. The summed E-state index contributed by atoms with van der Waals surface area (Å²) in [5, 5.41) is 12.0. The number of hydrogen-bond donors (Lipinski definition) is 2. The van der Waals surface area contributed by atoms with Crippen LogP contribution in [0.5, 0.6) is 0 Å². The molecule has 7 heteroatoms. The van der Waals surface area contributed by atoms with Crippen molar-refractivity contribution < 1.29 is 23.8 Å². The van der Waals surface area contributed by atoms with Crippen LogP contribution in [0.3, 0.4) is 0 Å². The molecule has 1 atom stereocenters. The van der Waals surface area contributed by atoms with Crippen LogP contribution in [0.25, 0.3) is 0 Å². The zero-order valence-electron chi connectivity index (χ0n) is 10.1. The van der Waals surface area contributed by atoms with Crippen molar-refractivity contribution >= 4 is 29.3 Å². The highest BCUT2D eigenvalue weighted by Crippen LogP contribution is 2.36. The molecule has 1 aliphatic heterocycles. The van der Waals surface area contributed by atoms with Gasteiger partial charge in [-0.1, -0.05) is 0 Å². The van der Waals surface area contributed by atoms with Gasteiger partial charge in [-0.3, -0.25) is 9.59 Å². The van der Waals surface area contributed by atoms with E-state index in [1.54, 1.807) is 0 Å². The van der Waals surface area contributed by atoms with Crippen LogP contribution in [0.2, 0.25) is 0 Å². The van der Waals surface area contributed by atoms with Crippen molar-refractivity contribution in [3.8, 4) is 0 Å². The Hall–Kier alpha value is -1.60. The van der Waals surface area contributed by atoms with Crippen LogP contribution >= 0.6 is 11.8 Å². The molecule has 0 saturated carbocycles. The van der Waals surface area contributed by atoms with Crippen molar-refractivity contribution in [2.24, 2.45) is 0 Å². The Labute approximate surface area is 113 Å². The Balaban J connectivity index is 2.09. The lowest BCUT2D eigenvalue weighted by molar-refractivity contribution is -0.140. The van der Waals surface area contributed by atoms with E-state index in [1.165, 1.54) is 13.2 Å². The van der Waals surface area contributed by atoms with Gasteiger partial charge >= 0.3 is 5.97 Å².